The monoisotopic (exact) mass is 212 g/mol. The maximum Gasteiger partial charge on any atom is 0.409 e. The zero-order valence-electron chi connectivity index (χ0n) is 9.07. The van der Waals surface area contributed by atoms with Crippen molar-refractivity contribution < 1.29 is 14.6 Å². The number of ether oxygens (including phenoxy) is 1. The largest absolute Gasteiger partial charge is 0.506 e. The Balaban J connectivity index is 2.38. The van der Waals surface area contributed by atoms with Gasteiger partial charge in [-0.25, -0.2) is 4.79 Å². The molecule has 1 heterocycles. The molecule has 0 aromatic carbocycles. The summed E-state index contributed by atoms with van der Waals surface area (Å²) in [4.78, 5) is 11.3. The van der Waals surface area contributed by atoms with Gasteiger partial charge in [0.05, 0.1) is 0 Å². The molecule has 84 valence electrons. The Kier molecular flexibility index (Phi) is 3.24. The fraction of sp³-hybridized carbons (Fsp3) is 0.500. The van der Waals surface area contributed by atoms with Crippen LogP contribution in [0.5, 0.6) is 0 Å². The number of rotatable bonds is 1. The smallest absolute Gasteiger partial charge is 0.409 e. The Morgan fingerprint density at radius 3 is 2.73 bits per heavy atom. The normalized spacial score (nSPS) is 20.2. The lowest BCUT2D eigenvalue weighted by atomic mass is 10.2. The zero-order valence-corrected chi connectivity index (χ0v) is 9.07. The molecule has 1 rings (SSSR count). The quantitative estimate of drug-likeness (QED) is 0.614. The molecule has 0 aliphatic carbocycles. The molecule has 0 fully saturated rings. The van der Waals surface area contributed by atoms with Crippen LogP contribution in [-0.2, 0) is 4.74 Å². The van der Waals surface area contributed by atoms with Gasteiger partial charge in [-0.15, -0.1) is 0 Å². The minimum absolute atomic E-state index is 0.122. The summed E-state index contributed by atoms with van der Waals surface area (Å²) in [5.74, 6) is 0.122. The molecule has 0 saturated carbocycles. The first-order valence-corrected chi connectivity index (χ1v) is 4.70. The van der Waals surface area contributed by atoms with Crippen LogP contribution in [0.1, 0.15) is 20.8 Å². The summed E-state index contributed by atoms with van der Waals surface area (Å²) in [6, 6.07) is 0. The fourth-order valence-electron chi connectivity index (χ4n) is 0.998. The van der Waals surface area contributed by atoms with Crippen molar-refractivity contribution in [1.82, 2.24) is 10.6 Å². The van der Waals surface area contributed by atoms with Crippen LogP contribution in [0, 0.1) is 0 Å². The first-order chi connectivity index (χ1) is 6.87. The van der Waals surface area contributed by atoms with Crippen LogP contribution < -0.4 is 10.6 Å². The van der Waals surface area contributed by atoms with E-state index >= 15 is 0 Å². The van der Waals surface area contributed by atoms with Gasteiger partial charge < -0.3 is 15.2 Å². The lowest BCUT2D eigenvalue weighted by Crippen LogP contribution is -2.45. The predicted molar refractivity (Wildman–Crippen MR) is 56.1 cm³/mol. The number of allylic oxidation sites excluding steroid dienone is 1. The van der Waals surface area contributed by atoms with Crippen LogP contribution in [0.3, 0.4) is 0 Å². The highest BCUT2D eigenvalue weighted by Crippen LogP contribution is 2.07. The Labute approximate surface area is 88.8 Å². The molecule has 0 bridgehead atoms. The summed E-state index contributed by atoms with van der Waals surface area (Å²) >= 11 is 0. The van der Waals surface area contributed by atoms with Crippen LogP contribution in [-0.4, -0.2) is 23.0 Å². The number of carbonyl (C=O) groups excluding carboxylic acids is 1. The molecule has 1 atom stereocenters. The third-order valence-electron chi connectivity index (χ3n) is 1.54. The molecule has 1 aliphatic rings. The number of amides is 1. The summed E-state index contributed by atoms with van der Waals surface area (Å²) in [7, 11) is 0. The summed E-state index contributed by atoms with van der Waals surface area (Å²) < 4.78 is 5.06. The minimum Gasteiger partial charge on any atom is -0.506 e. The summed E-state index contributed by atoms with van der Waals surface area (Å²) in [6.45, 7) is 5.38. The maximum absolute atomic E-state index is 11.3. The predicted octanol–water partition coefficient (Wildman–Crippen LogP) is 1.40. The van der Waals surface area contributed by atoms with Crippen molar-refractivity contribution in [3.63, 3.8) is 0 Å². The number of aliphatic hydroxyl groups is 1. The SMILES string of the molecule is CC(C)(C)OC(=O)NC1C=CC(O)=CN1. The fourth-order valence-corrected chi connectivity index (χ4v) is 0.998. The summed E-state index contributed by atoms with van der Waals surface area (Å²) in [6.07, 6.45) is 3.68. The van der Waals surface area contributed by atoms with Crippen LogP contribution in [0.4, 0.5) is 4.79 Å². The van der Waals surface area contributed by atoms with Gasteiger partial charge in [-0.3, -0.25) is 5.32 Å². The molecule has 15 heavy (non-hydrogen) atoms. The second-order valence-electron chi connectivity index (χ2n) is 4.22. The lowest BCUT2D eigenvalue weighted by molar-refractivity contribution is 0.0509. The molecular formula is C10H16N2O3. The van der Waals surface area contributed by atoms with E-state index in [0.717, 1.165) is 0 Å². The van der Waals surface area contributed by atoms with Crippen LogP contribution in [0.25, 0.3) is 0 Å². The third-order valence-corrected chi connectivity index (χ3v) is 1.54. The zero-order chi connectivity index (χ0) is 11.5. The molecule has 0 aromatic rings. The average Bonchev–Trinajstić information content (AvgIpc) is 2.05. The Hall–Kier alpha value is -1.65. The Bertz CT molecular complexity index is 302. The van der Waals surface area contributed by atoms with Crippen molar-refractivity contribution in [3.8, 4) is 0 Å². The van der Waals surface area contributed by atoms with Crippen molar-refractivity contribution in [2.75, 3.05) is 0 Å². The minimum atomic E-state index is -0.513. The second kappa shape index (κ2) is 4.25. The number of hydrogen-bond donors (Lipinski definition) is 3. The van der Waals surface area contributed by atoms with Gasteiger partial charge in [0, 0.05) is 6.20 Å². The van der Waals surface area contributed by atoms with E-state index in [9.17, 15) is 4.79 Å². The van der Waals surface area contributed by atoms with E-state index < -0.39 is 11.7 Å². The van der Waals surface area contributed by atoms with Crippen molar-refractivity contribution in [1.29, 1.82) is 0 Å². The number of alkyl carbamates (subject to hydrolysis) is 1. The number of dihydropyridines is 1. The third kappa shape index (κ3) is 4.39. The van der Waals surface area contributed by atoms with Gasteiger partial charge in [0.15, 0.2) is 0 Å². The van der Waals surface area contributed by atoms with Gasteiger partial charge >= 0.3 is 6.09 Å². The molecule has 0 spiro atoms. The summed E-state index contributed by atoms with van der Waals surface area (Å²) in [5.41, 5.74) is -0.513. The highest BCUT2D eigenvalue weighted by atomic mass is 16.6. The molecule has 1 aliphatic heterocycles. The van der Waals surface area contributed by atoms with Gasteiger partial charge in [-0.1, -0.05) is 0 Å². The molecule has 1 unspecified atom stereocenters. The Morgan fingerprint density at radius 1 is 1.60 bits per heavy atom. The molecule has 5 heteroatoms. The van der Waals surface area contributed by atoms with Crippen molar-refractivity contribution >= 4 is 6.09 Å². The standard InChI is InChI=1S/C10H16N2O3/c1-10(2,3)15-9(14)12-8-5-4-7(13)6-11-8/h4-6,8,11,13H,1-3H3,(H,12,14). The van der Waals surface area contributed by atoms with E-state index in [4.69, 9.17) is 9.84 Å². The van der Waals surface area contributed by atoms with Gasteiger partial charge in [0.25, 0.3) is 0 Å². The molecule has 3 N–H and O–H groups in total. The molecule has 0 saturated heterocycles. The van der Waals surface area contributed by atoms with Gasteiger partial charge in [-0.2, -0.15) is 0 Å². The highest BCUT2D eigenvalue weighted by Gasteiger charge is 2.18. The van der Waals surface area contributed by atoms with Crippen LogP contribution >= 0.6 is 0 Å². The number of aliphatic hydroxyl groups excluding tert-OH is 1. The van der Waals surface area contributed by atoms with E-state index in [1.807, 2.05) is 0 Å². The van der Waals surface area contributed by atoms with Gasteiger partial charge in [0.1, 0.15) is 17.5 Å². The van der Waals surface area contributed by atoms with Gasteiger partial charge in [0.2, 0.25) is 0 Å². The molecule has 5 nitrogen and oxygen atoms in total. The number of hydrogen-bond acceptors (Lipinski definition) is 4. The van der Waals surface area contributed by atoms with E-state index in [2.05, 4.69) is 10.6 Å². The topological polar surface area (TPSA) is 70.6 Å². The van der Waals surface area contributed by atoms with Gasteiger partial charge in [-0.05, 0) is 32.9 Å². The molecular weight excluding hydrogens is 196 g/mol. The molecule has 0 radical (unpaired) electrons. The van der Waals surface area contributed by atoms with E-state index in [1.54, 1.807) is 26.8 Å². The van der Waals surface area contributed by atoms with E-state index in [-0.39, 0.29) is 11.9 Å². The maximum atomic E-state index is 11.3. The molecule has 0 aromatic heterocycles. The van der Waals surface area contributed by atoms with Crippen molar-refractivity contribution in [3.05, 3.63) is 24.1 Å². The number of carbonyl (C=O) groups is 1. The lowest BCUT2D eigenvalue weighted by Gasteiger charge is -2.23. The van der Waals surface area contributed by atoms with E-state index in [1.165, 1.54) is 12.3 Å². The van der Waals surface area contributed by atoms with E-state index in [0.29, 0.717) is 0 Å². The van der Waals surface area contributed by atoms with Crippen molar-refractivity contribution in [2.24, 2.45) is 0 Å². The Morgan fingerprint density at radius 2 is 2.27 bits per heavy atom. The van der Waals surface area contributed by atoms with Crippen molar-refractivity contribution in [2.45, 2.75) is 32.5 Å². The summed E-state index contributed by atoms with van der Waals surface area (Å²) in [5, 5.41) is 14.4. The van der Waals surface area contributed by atoms with Crippen LogP contribution in [0.2, 0.25) is 0 Å². The first kappa shape index (κ1) is 11.4. The second-order valence-corrected chi connectivity index (χ2v) is 4.22. The number of nitrogens with one attached hydrogen (secondary N) is 2. The highest BCUT2D eigenvalue weighted by molar-refractivity contribution is 5.68. The first-order valence-electron chi connectivity index (χ1n) is 4.70. The average molecular weight is 212 g/mol. The molecule has 1 amide bonds. The van der Waals surface area contributed by atoms with Crippen LogP contribution in [0.15, 0.2) is 24.1 Å².